The molecule has 0 radical (unpaired) electrons. The number of nitrogens with one attached hydrogen (secondary N) is 1. The predicted octanol–water partition coefficient (Wildman–Crippen LogP) is 1.95. The first-order chi connectivity index (χ1) is 8.83. The minimum absolute atomic E-state index is 0.962. The van der Waals surface area contributed by atoms with Crippen LogP contribution in [-0.2, 0) is 6.54 Å². The van der Waals surface area contributed by atoms with Crippen LogP contribution in [0.5, 0.6) is 0 Å². The predicted molar refractivity (Wildman–Crippen MR) is 74.6 cm³/mol. The molecule has 1 aliphatic heterocycles. The molecule has 0 bridgehead atoms. The Morgan fingerprint density at radius 1 is 1.22 bits per heavy atom. The molecule has 3 nitrogen and oxygen atoms in total. The van der Waals surface area contributed by atoms with Crippen molar-refractivity contribution in [1.82, 2.24) is 15.2 Å². The van der Waals surface area contributed by atoms with Crippen molar-refractivity contribution in [1.29, 1.82) is 0 Å². The van der Waals surface area contributed by atoms with Crippen LogP contribution >= 0.6 is 0 Å². The van der Waals surface area contributed by atoms with Crippen LogP contribution < -0.4 is 5.32 Å². The fraction of sp³-hybridized carbons (Fsp3) is 0.400. The molecule has 0 aliphatic carbocycles. The third-order valence-electron chi connectivity index (χ3n) is 3.53. The second-order valence-corrected chi connectivity index (χ2v) is 4.96. The third-order valence-corrected chi connectivity index (χ3v) is 3.53. The maximum absolute atomic E-state index is 4.73. The summed E-state index contributed by atoms with van der Waals surface area (Å²) in [5, 5.41) is 5.98. The van der Waals surface area contributed by atoms with E-state index in [4.69, 9.17) is 4.98 Å². The zero-order valence-corrected chi connectivity index (χ0v) is 10.8. The molecule has 1 aromatic heterocycles. The van der Waals surface area contributed by atoms with E-state index in [-0.39, 0.29) is 0 Å². The second-order valence-electron chi connectivity index (χ2n) is 4.96. The van der Waals surface area contributed by atoms with E-state index in [1.54, 1.807) is 0 Å². The molecule has 94 valence electrons. The number of piperazine rings is 1. The zero-order chi connectivity index (χ0) is 12.4. The second kappa shape index (κ2) is 5.04. The van der Waals surface area contributed by atoms with Gasteiger partial charge in [-0.05, 0) is 18.4 Å². The number of hydrogen-bond acceptors (Lipinski definition) is 3. The number of benzene rings is 1. The van der Waals surface area contributed by atoms with Gasteiger partial charge in [-0.1, -0.05) is 24.3 Å². The maximum atomic E-state index is 4.73. The molecule has 2 aromatic rings. The molecule has 0 atom stereocenters. The Hall–Kier alpha value is -1.45. The highest BCUT2D eigenvalue weighted by Crippen LogP contribution is 2.19. The van der Waals surface area contributed by atoms with Crippen LogP contribution in [0.25, 0.3) is 10.8 Å². The monoisotopic (exact) mass is 241 g/mol. The van der Waals surface area contributed by atoms with Gasteiger partial charge in [0.25, 0.3) is 0 Å². The van der Waals surface area contributed by atoms with Crippen molar-refractivity contribution < 1.29 is 0 Å². The summed E-state index contributed by atoms with van der Waals surface area (Å²) in [5.74, 6) is 0. The molecule has 0 spiro atoms. The summed E-state index contributed by atoms with van der Waals surface area (Å²) in [6.07, 6.45) is 0. The third kappa shape index (κ3) is 2.37. The summed E-state index contributed by atoms with van der Waals surface area (Å²) >= 11 is 0. The van der Waals surface area contributed by atoms with E-state index < -0.39 is 0 Å². The van der Waals surface area contributed by atoms with Crippen molar-refractivity contribution in [2.24, 2.45) is 0 Å². The molecule has 0 amide bonds. The van der Waals surface area contributed by atoms with Crippen molar-refractivity contribution in [2.45, 2.75) is 13.5 Å². The minimum Gasteiger partial charge on any atom is -0.314 e. The lowest BCUT2D eigenvalue weighted by Gasteiger charge is -2.27. The number of fused-ring (bicyclic) bond motifs is 1. The summed E-state index contributed by atoms with van der Waals surface area (Å²) in [4.78, 5) is 7.21. The van der Waals surface area contributed by atoms with Gasteiger partial charge in [-0.3, -0.25) is 9.88 Å². The van der Waals surface area contributed by atoms with Gasteiger partial charge in [0, 0.05) is 43.8 Å². The molecular formula is C15H19N3. The normalized spacial score (nSPS) is 17.2. The fourth-order valence-electron chi connectivity index (χ4n) is 2.62. The smallest absolute Gasteiger partial charge is 0.0625 e. The molecule has 3 rings (SSSR count). The summed E-state index contributed by atoms with van der Waals surface area (Å²) in [6.45, 7) is 7.44. The van der Waals surface area contributed by atoms with E-state index in [2.05, 4.69) is 47.5 Å². The first kappa shape index (κ1) is 11.6. The number of rotatable bonds is 2. The molecule has 2 heterocycles. The number of hydrogen-bond donors (Lipinski definition) is 1. The Morgan fingerprint density at radius 3 is 2.83 bits per heavy atom. The number of nitrogens with zero attached hydrogens (tertiary/aromatic N) is 2. The van der Waals surface area contributed by atoms with Crippen LogP contribution in [0.4, 0.5) is 0 Å². The van der Waals surface area contributed by atoms with Crippen molar-refractivity contribution in [3.63, 3.8) is 0 Å². The van der Waals surface area contributed by atoms with Crippen LogP contribution in [0.3, 0.4) is 0 Å². The molecule has 1 aromatic carbocycles. The van der Waals surface area contributed by atoms with Crippen molar-refractivity contribution >= 4 is 10.8 Å². The lowest BCUT2D eigenvalue weighted by atomic mass is 10.1. The Kier molecular flexibility index (Phi) is 3.26. The van der Waals surface area contributed by atoms with Gasteiger partial charge in [0.2, 0.25) is 0 Å². The molecule has 1 aliphatic rings. The fourth-order valence-corrected chi connectivity index (χ4v) is 2.62. The molecule has 3 heteroatoms. The standard InChI is InChI=1S/C15H19N3/c1-12-10-13-4-2-3-5-14(13)15(17-12)11-18-8-6-16-7-9-18/h2-5,10,16H,6-9,11H2,1H3. The van der Waals surface area contributed by atoms with E-state index in [1.807, 2.05) is 0 Å². The Morgan fingerprint density at radius 2 is 2.00 bits per heavy atom. The first-order valence-corrected chi connectivity index (χ1v) is 6.61. The van der Waals surface area contributed by atoms with Crippen LogP contribution in [0.2, 0.25) is 0 Å². The van der Waals surface area contributed by atoms with Gasteiger partial charge in [0.1, 0.15) is 0 Å². The average Bonchev–Trinajstić information content (AvgIpc) is 2.40. The molecule has 1 N–H and O–H groups in total. The highest BCUT2D eigenvalue weighted by molar-refractivity contribution is 5.84. The molecule has 1 fully saturated rings. The highest BCUT2D eigenvalue weighted by atomic mass is 15.2. The van der Waals surface area contributed by atoms with Crippen molar-refractivity contribution in [3.05, 3.63) is 41.7 Å². The van der Waals surface area contributed by atoms with Gasteiger partial charge < -0.3 is 5.32 Å². The van der Waals surface area contributed by atoms with Crippen LogP contribution in [0, 0.1) is 6.92 Å². The average molecular weight is 241 g/mol. The quantitative estimate of drug-likeness (QED) is 0.871. The Bertz CT molecular complexity index is 544. The van der Waals surface area contributed by atoms with E-state index in [0.29, 0.717) is 0 Å². The van der Waals surface area contributed by atoms with Gasteiger partial charge in [0.15, 0.2) is 0 Å². The van der Waals surface area contributed by atoms with Gasteiger partial charge in [0.05, 0.1) is 5.69 Å². The lowest BCUT2D eigenvalue weighted by molar-refractivity contribution is 0.231. The number of pyridine rings is 1. The highest BCUT2D eigenvalue weighted by Gasteiger charge is 2.12. The van der Waals surface area contributed by atoms with Gasteiger partial charge >= 0.3 is 0 Å². The number of aromatic nitrogens is 1. The van der Waals surface area contributed by atoms with Crippen LogP contribution in [0.15, 0.2) is 30.3 Å². The minimum atomic E-state index is 0.962. The Balaban J connectivity index is 1.94. The van der Waals surface area contributed by atoms with Gasteiger partial charge in [-0.15, -0.1) is 0 Å². The van der Waals surface area contributed by atoms with E-state index in [0.717, 1.165) is 38.4 Å². The van der Waals surface area contributed by atoms with Crippen LogP contribution in [-0.4, -0.2) is 36.1 Å². The Labute approximate surface area is 108 Å². The molecule has 18 heavy (non-hydrogen) atoms. The molecule has 1 saturated heterocycles. The summed E-state index contributed by atoms with van der Waals surface area (Å²) in [6, 6.07) is 10.7. The topological polar surface area (TPSA) is 28.2 Å². The van der Waals surface area contributed by atoms with E-state index in [1.165, 1.54) is 16.5 Å². The van der Waals surface area contributed by atoms with Gasteiger partial charge in [-0.25, -0.2) is 0 Å². The summed E-state index contributed by atoms with van der Waals surface area (Å²) in [7, 11) is 0. The first-order valence-electron chi connectivity index (χ1n) is 6.61. The molecular weight excluding hydrogens is 222 g/mol. The summed E-state index contributed by atoms with van der Waals surface area (Å²) < 4.78 is 0. The number of aryl methyl sites for hydroxylation is 1. The van der Waals surface area contributed by atoms with E-state index in [9.17, 15) is 0 Å². The van der Waals surface area contributed by atoms with Crippen molar-refractivity contribution in [3.8, 4) is 0 Å². The van der Waals surface area contributed by atoms with Crippen molar-refractivity contribution in [2.75, 3.05) is 26.2 Å². The summed E-state index contributed by atoms with van der Waals surface area (Å²) in [5.41, 5.74) is 2.33. The zero-order valence-electron chi connectivity index (χ0n) is 10.8. The molecule has 0 saturated carbocycles. The molecule has 0 unspecified atom stereocenters. The van der Waals surface area contributed by atoms with Gasteiger partial charge in [-0.2, -0.15) is 0 Å². The van der Waals surface area contributed by atoms with E-state index >= 15 is 0 Å². The lowest BCUT2D eigenvalue weighted by Crippen LogP contribution is -2.43. The largest absolute Gasteiger partial charge is 0.314 e. The van der Waals surface area contributed by atoms with Crippen LogP contribution in [0.1, 0.15) is 11.4 Å². The SMILES string of the molecule is Cc1cc2ccccc2c(CN2CCNCC2)n1. The maximum Gasteiger partial charge on any atom is 0.0625 e.